The number of alkyl halides is 3. The smallest absolute Gasteiger partial charge is 0.365 e. The van der Waals surface area contributed by atoms with Gasteiger partial charge in [0.1, 0.15) is 0 Å². The van der Waals surface area contributed by atoms with Crippen LogP contribution in [0.2, 0.25) is 0 Å². The Morgan fingerprint density at radius 1 is 1.47 bits per heavy atom. The van der Waals surface area contributed by atoms with Gasteiger partial charge in [-0.15, -0.1) is 5.10 Å². The van der Waals surface area contributed by atoms with Gasteiger partial charge >= 0.3 is 12.1 Å². The number of nitrogens with two attached hydrogens (primary N) is 1. The van der Waals surface area contributed by atoms with E-state index in [-0.39, 0.29) is 10.4 Å². The highest BCUT2D eigenvalue weighted by atomic mass is 19.4. The van der Waals surface area contributed by atoms with Crippen LogP contribution in [0.25, 0.3) is 0 Å². The third kappa shape index (κ3) is 2.69. The van der Waals surface area contributed by atoms with Crippen molar-refractivity contribution in [2.75, 3.05) is 0 Å². The molecule has 9 heteroatoms. The van der Waals surface area contributed by atoms with Crippen molar-refractivity contribution in [3.8, 4) is 0 Å². The summed E-state index contributed by atoms with van der Waals surface area (Å²) < 4.78 is 35.1. The number of halogens is 3. The summed E-state index contributed by atoms with van der Waals surface area (Å²) in [6, 6.07) is 0. The predicted octanol–water partition coefficient (Wildman–Crippen LogP) is -0.501. The van der Waals surface area contributed by atoms with E-state index >= 15 is 0 Å². The second-order valence-electron chi connectivity index (χ2n) is 2.37. The largest absolute Gasteiger partial charge is 0.493 e. The fourth-order valence-corrected chi connectivity index (χ4v) is 0.619. The van der Waals surface area contributed by atoms with E-state index in [0.717, 1.165) is 12.4 Å². The van der Waals surface area contributed by atoms with E-state index in [0.29, 0.717) is 0 Å². The topological polar surface area (TPSA) is 87.2 Å². The number of nitrogens with zero attached hydrogens (tertiary/aromatic N) is 2. The van der Waals surface area contributed by atoms with Crippen LogP contribution in [0.4, 0.5) is 13.2 Å². The first kappa shape index (κ1) is 11.0. The van der Waals surface area contributed by atoms with Gasteiger partial charge < -0.3 is 10.6 Å². The van der Waals surface area contributed by atoms with Crippen LogP contribution >= 0.6 is 0 Å². The molecule has 1 rings (SSSR count). The lowest BCUT2D eigenvalue weighted by Crippen LogP contribution is -2.33. The zero-order valence-electron chi connectivity index (χ0n) is 6.99. The van der Waals surface area contributed by atoms with Crippen molar-refractivity contribution in [2.24, 2.45) is 5.73 Å². The van der Waals surface area contributed by atoms with Gasteiger partial charge in [-0.25, -0.2) is 4.79 Å². The Bertz CT molecular complexity index is 398. The predicted molar refractivity (Wildman–Crippen MR) is 38.4 cm³/mol. The molecular formula is C6H4F3N3O3. The summed E-state index contributed by atoms with van der Waals surface area (Å²) >= 11 is 0. The summed E-state index contributed by atoms with van der Waals surface area (Å²) in [4.78, 5) is 24.7. The van der Waals surface area contributed by atoms with Gasteiger partial charge in [0.15, 0.2) is 0 Å². The van der Waals surface area contributed by atoms with Crippen molar-refractivity contribution in [1.29, 1.82) is 0 Å². The molecule has 82 valence electrons. The Kier molecular flexibility index (Phi) is 2.64. The van der Waals surface area contributed by atoms with Crippen molar-refractivity contribution < 1.29 is 27.6 Å². The van der Waals surface area contributed by atoms with Gasteiger partial charge in [-0.3, -0.25) is 4.79 Å². The molecule has 0 bridgehead atoms. The van der Waals surface area contributed by atoms with Crippen molar-refractivity contribution in [3.63, 3.8) is 0 Å². The molecule has 0 atom stereocenters. The molecule has 2 N–H and O–H groups in total. The fourth-order valence-electron chi connectivity index (χ4n) is 0.619. The van der Waals surface area contributed by atoms with Crippen LogP contribution in [0.5, 0.6) is 0 Å². The lowest BCUT2D eigenvalue weighted by atomic mass is 10.4. The summed E-state index contributed by atoms with van der Waals surface area (Å²) in [5, 5.41) is 3.16. The maximum Gasteiger partial charge on any atom is 0.493 e. The molecule has 1 amide bonds. The third-order valence-electron chi connectivity index (χ3n) is 1.25. The van der Waals surface area contributed by atoms with E-state index in [1.54, 1.807) is 0 Å². The van der Waals surface area contributed by atoms with Gasteiger partial charge in [-0.1, -0.05) is 4.85 Å². The van der Waals surface area contributed by atoms with Crippen LogP contribution in [0.3, 0.4) is 0 Å². The van der Waals surface area contributed by atoms with Crippen molar-refractivity contribution in [3.05, 3.63) is 18.0 Å². The normalized spacial score (nSPS) is 11.1. The first-order chi connectivity index (χ1) is 6.80. The van der Waals surface area contributed by atoms with Gasteiger partial charge in [-0.2, -0.15) is 13.2 Å². The minimum absolute atomic E-state index is 0.176. The summed E-state index contributed by atoms with van der Waals surface area (Å²) in [5.74, 6) is -3.34. The molecule has 0 aromatic carbocycles. The second-order valence-corrected chi connectivity index (χ2v) is 2.37. The number of hydrogen-bond acceptors (Lipinski definition) is 4. The Balaban J connectivity index is 2.74. The van der Waals surface area contributed by atoms with E-state index in [9.17, 15) is 22.8 Å². The molecule has 1 aromatic rings. The molecule has 0 radical (unpaired) electrons. The number of primary amides is 1. The van der Waals surface area contributed by atoms with Gasteiger partial charge in [-0.05, 0) is 0 Å². The average Bonchev–Trinajstić information content (AvgIpc) is 2.50. The van der Waals surface area contributed by atoms with E-state index < -0.39 is 18.1 Å². The maximum absolute atomic E-state index is 11.7. The van der Waals surface area contributed by atoms with Crippen molar-refractivity contribution in [2.45, 2.75) is 6.18 Å². The Morgan fingerprint density at radius 3 is 2.47 bits per heavy atom. The summed E-state index contributed by atoms with van der Waals surface area (Å²) in [6.45, 7) is 0. The maximum atomic E-state index is 11.7. The third-order valence-corrected chi connectivity index (χ3v) is 1.25. The van der Waals surface area contributed by atoms with Crippen LogP contribution in [-0.4, -0.2) is 28.0 Å². The molecule has 1 heterocycles. The number of amides is 1. The van der Waals surface area contributed by atoms with Crippen LogP contribution < -0.4 is 10.6 Å². The molecule has 0 spiro atoms. The van der Waals surface area contributed by atoms with E-state index in [1.165, 1.54) is 0 Å². The quantitative estimate of drug-likeness (QED) is 0.732. The monoisotopic (exact) mass is 223 g/mol. The molecule has 0 aliphatic heterocycles. The highest BCUT2D eigenvalue weighted by molar-refractivity contribution is 5.92. The lowest BCUT2D eigenvalue weighted by molar-refractivity contribution is -0.201. The zero-order chi connectivity index (χ0) is 11.6. The van der Waals surface area contributed by atoms with Gasteiger partial charge in [0, 0.05) is 0 Å². The lowest BCUT2D eigenvalue weighted by Gasteiger charge is -2.04. The minimum Gasteiger partial charge on any atom is -0.365 e. The van der Waals surface area contributed by atoms with Crippen molar-refractivity contribution in [1.82, 2.24) is 9.94 Å². The molecule has 1 aromatic heterocycles. The Hall–Kier alpha value is -2.06. The summed E-state index contributed by atoms with van der Waals surface area (Å²) in [5.41, 5.74) is 4.61. The number of carbonyl (C=O) groups is 2. The molecule has 0 unspecified atom stereocenters. The molecule has 0 saturated carbocycles. The van der Waals surface area contributed by atoms with E-state index in [4.69, 9.17) is 5.73 Å². The van der Waals surface area contributed by atoms with Crippen LogP contribution in [0.15, 0.2) is 12.4 Å². The summed E-state index contributed by atoms with van der Waals surface area (Å²) in [6.07, 6.45) is -3.50. The molecule has 0 aliphatic carbocycles. The zero-order valence-corrected chi connectivity index (χ0v) is 6.99. The molecule has 6 nitrogen and oxygen atoms in total. The SMILES string of the molecule is NC(=O)c1cnn(OC(=O)C(F)(F)F)c1. The van der Waals surface area contributed by atoms with Gasteiger partial charge in [0.2, 0.25) is 0 Å². The number of hydrogen-bond donors (Lipinski definition) is 1. The summed E-state index contributed by atoms with van der Waals surface area (Å²) in [7, 11) is 0. The van der Waals surface area contributed by atoms with E-state index in [1.807, 2.05) is 0 Å². The highest BCUT2D eigenvalue weighted by Crippen LogP contribution is 2.14. The van der Waals surface area contributed by atoms with Crippen molar-refractivity contribution >= 4 is 11.9 Å². The average molecular weight is 223 g/mol. The second kappa shape index (κ2) is 3.59. The molecule has 0 saturated heterocycles. The molecule has 0 fully saturated rings. The fraction of sp³-hybridized carbons (Fsp3) is 0.167. The van der Waals surface area contributed by atoms with Gasteiger partial charge in [0.25, 0.3) is 5.91 Å². The molecule has 0 aliphatic rings. The Labute approximate surface area is 80.4 Å². The Morgan fingerprint density at radius 2 is 2.07 bits per heavy atom. The first-order valence-corrected chi connectivity index (χ1v) is 3.44. The van der Waals surface area contributed by atoms with Crippen LogP contribution in [0, 0.1) is 0 Å². The van der Waals surface area contributed by atoms with Crippen LogP contribution in [0.1, 0.15) is 10.4 Å². The van der Waals surface area contributed by atoms with Gasteiger partial charge in [0.05, 0.1) is 18.0 Å². The molecule has 15 heavy (non-hydrogen) atoms. The number of aromatic nitrogens is 2. The standard InChI is InChI=1S/C6H4F3N3O3/c7-6(8,9)5(14)15-12-2-3(1-11-12)4(10)13/h1-2H,(H2,10,13). The van der Waals surface area contributed by atoms with Crippen LogP contribution in [-0.2, 0) is 4.79 Å². The number of rotatable bonds is 2. The highest BCUT2D eigenvalue weighted by Gasteiger charge is 2.42. The number of carbonyl (C=O) groups excluding carboxylic acids is 2. The first-order valence-electron chi connectivity index (χ1n) is 3.44. The van der Waals surface area contributed by atoms with E-state index in [2.05, 4.69) is 9.94 Å². The molecular weight excluding hydrogens is 219 g/mol. The minimum atomic E-state index is -5.13.